The number of aromatic amines is 1. The molecule has 0 amide bonds. The molecule has 4 rings (SSSR count). The summed E-state index contributed by atoms with van der Waals surface area (Å²) < 4.78 is 19.4. The van der Waals surface area contributed by atoms with Gasteiger partial charge in [-0.1, -0.05) is 6.07 Å². The second kappa shape index (κ2) is 7.56. The third-order valence-corrected chi connectivity index (χ3v) is 5.10. The van der Waals surface area contributed by atoms with E-state index in [-0.39, 0.29) is 11.9 Å². The van der Waals surface area contributed by atoms with E-state index in [0.29, 0.717) is 0 Å². The van der Waals surface area contributed by atoms with Crippen molar-refractivity contribution in [2.45, 2.75) is 39.0 Å². The van der Waals surface area contributed by atoms with Gasteiger partial charge < -0.3 is 9.72 Å². The number of halogens is 1. The van der Waals surface area contributed by atoms with Crippen LogP contribution in [0.4, 0.5) is 4.39 Å². The molecule has 1 aliphatic heterocycles. The standard InChI is InChI=1S/C21H24FN3O/c1-15-19-11-16(22)7-8-20(19)24-21(15)14-25(13-18-6-4-10-26-18)12-17-5-2-3-9-23-17/h2-3,5,7-9,11,18,24H,4,6,10,12-14H2,1H3/t18-/m0/s1. The highest BCUT2D eigenvalue weighted by molar-refractivity contribution is 5.84. The van der Waals surface area contributed by atoms with Crippen molar-refractivity contribution in [2.75, 3.05) is 13.2 Å². The van der Waals surface area contributed by atoms with Crippen LogP contribution in [0.25, 0.3) is 10.9 Å². The van der Waals surface area contributed by atoms with Gasteiger partial charge in [-0.15, -0.1) is 0 Å². The molecular formula is C21H24FN3O. The Hall–Kier alpha value is -2.24. The minimum atomic E-state index is -0.198. The van der Waals surface area contributed by atoms with E-state index in [9.17, 15) is 4.39 Å². The van der Waals surface area contributed by atoms with Crippen molar-refractivity contribution in [3.63, 3.8) is 0 Å². The Morgan fingerprint density at radius 2 is 2.19 bits per heavy atom. The Morgan fingerprint density at radius 3 is 2.96 bits per heavy atom. The van der Waals surface area contributed by atoms with E-state index < -0.39 is 0 Å². The quantitative estimate of drug-likeness (QED) is 0.722. The summed E-state index contributed by atoms with van der Waals surface area (Å²) in [5.74, 6) is -0.198. The van der Waals surface area contributed by atoms with Crippen LogP contribution in [-0.2, 0) is 17.8 Å². The molecule has 0 radical (unpaired) electrons. The summed E-state index contributed by atoms with van der Waals surface area (Å²) in [6.07, 6.45) is 4.35. The molecule has 1 aliphatic rings. The number of aromatic nitrogens is 2. The van der Waals surface area contributed by atoms with Crippen LogP contribution in [0, 0.1) is 12.7 Å². The topological polar surface area (TPSA) is 41.2 Å². The molecule has 3 aromatic rings. The van der Waals surface area contributed by atoms with E-state index in [1.54, 1.807) is 6.07 Å². The van der Waals surface area contributed by atoms with Gasteiger partial charge in [0, 0.05) is 49.0 Å². The summed E-state index contributed by atoms with van der Waals surface area (Å²) in [5, 5.41) is 0.954. The molecule has 3 heterocycles. The Kier molecular flexibility index (Phi) is 5.00. The molecule has 26 heavy (non-hydrogen) atoms. The number of nitrogens with zero attached hydrogens (tertiary/aromatic N) is 2. The van der Waals surface area contributed by atoms with E-state index >= 15 is 0 Å². The van der Waals surface area contributed by atoms with Crippen molar-refractivity contribution in [1.29, 1.82) is 0 Å². The fourth-order valence-electron chi connectivity index (χ4n) is 3.72. The Bertz CT molecular complexity index is 872. The van der Waals surface area contributed by atoms with Crippen molar-refractivity contribution >= 4 is 10.9 Å². The van der Waals surface area contributed by atoms with Gasteiger partial charge in [0.15, 0.2) is 0 Å². The molecule has 1 saturated heterocycles. The third kappa shape index (κ3) is 3.79. The first kappa shape index (κ1) is 17.2. The van der Waals surface area contributed by atoms with Crippen molar-refractivity contribution < 1.29 is 9.13 Å². The number of aryl methyl sites for hydroxylation is 1. The van der Waals surface area contributed by atoms with Crippen LogP contribution in [0.5, 0.6) is 0 Å². The fourth-order valence-corrected chi connectivity index (χ4v) is 3.72. The van der Waals surface area contributed by atoms with Crippen molar-refractivity contribution in [3.05, 3.63) is 65.4 Å². The average molecular weight is 353 g/mol. The molecule has 1 atom stereocenters. The zero-order valence-corrected chi connectivity index (χ0v) is 15.0. The summed E-state index contributed by atoms with van der Waals surface area (Å²) in [4.78, 5) is 10.3. The van der Waals surface area contributed by atoms with Gasteiger partial charge in [0.05, 0.1) is 11.8 Å². The third-order valence-electron chi connectivity index (χ3n) is 5.10. The molecule has 0 unspecified atom stereocenters. The number of hydrogen-bond acceptors (Lipinski definition) is 3. The lowest BCUT2D eigenvalue weighted by molar-refractivity contribution is 0.0670. The molecule has 1 fully saturated rings. The van der Waals surface area contributed by atoms with Gasteiger partial charge in [0.25, 0.3) is 0 Å². The first-order valence-corrected chi connectivity index (χ1v) is 9.19. The van der Waals surface area contributed by atoms with E-state index in [1.807, 2.05) is 24.4 Å². The molecule has 5 heteroatoms. The normalized spacial score (nSPS) is 17.4. The minimum absolute atomic E-state index is 0.198. The highest BCUT2D eigenvalue weighted by Crippen LogP contribution is 2.25. The summed E-state index contributed by atoms with van der Waals surface area (Å²) in [5.41, 5.74) is 4.26. The summed E-state index contributed by atoms with van der Waals surface area (Å²) in [6.45, 7) is 5.31. The van der Waals surface area contributed by atoms with Gasteiger partial charge in [0.2, 0.25) is 0 Å². The lowest BCUT2D eigenvalue weighted by Gasteiger charge is -2.25. The van der Waals surface area contributed by atoms with E-state index in [2.05, 4.69) is 27.9 Å². The maximum Gasteiger partial charge on any atom is 0.123 e. The molecule has 1 N–H and O–H groups in total. The molecule has 0 spiro atoms. The second-order valence-electron chi connectivity index (χ2n) is 7.04. The van der Waals surface area contributed by atoms with Crippen molar-refractivity contribution in [2.24, 2.45) is 0 Å². The second-order valence-corrected chi connectivity index (χ2v) is 7.04. The summed E-state index contributed by atoms with van der Waals surface area (Å²) >= 11 is 0. The SMILES string of the molecule is Cc1c(CN(Cc2ccccn2)C[C@@H]2CCCO2)[nH]c2ccc(F)cc12. The number of ether oxygens (including phenoxy) is 1. The summed E-state index contributed by atoms with van der Waals surface area (Å²) in [6, 6.07) is 10.9. The monoisotopic (exact) mass is 353 g/mol. The molecule has 1 aromatic carbocycles. The predicted octanol–water partition coefficient (Wildman–Crippen LogP) is 4.19. The maximum atomic E-state index is 13.6. The molecular weight excluding hydrogens is 329 g/mol. The smallest absolute Gasteiger partial charge is 0.123 e. The number of rotatable bonds is 6. The van der Waals surface area contributed by atoms with Crippen molar-refractivity contribution in [1.82, 2.24) is 14.9 Å². The van der Waals surface area contributed by atoms with E-state index in [0.717, 1.165) is 66.9 Å². The highest BCUT2D eigenvalue weighted by atomic mass is 19.1. The highest BCUT2D eigenvalue weighted by Gasteiger charge is 2.21. The number of H-pyrrole nitrogens is 1. The van der Waals surface area contributed by atoms with Gasteiger partial charge >= 0.3 is 0 Å². The zero-order chi connectivity index (χ0) is 17.9. The van der Waals surface area contributed by atoms with E-state index in [4.69, 9.17) is 4.74 Å². The lowest BCUT2D eigenvalue weighted by atomic mass is 10.1. The maximum absolute atomic E-state index is 13.6. The van der Waals surface area contributed by atoms with Crippen LogP contribution in [0.1, 0.15) is 29.8 Å². The average Bonchev–Trinajstić information content (AvgIpc) is 3.25. The largest absolute Gasteiger partial charge is 0.377 e. The zero-order valence-electron chi connectivity index (χ0n) is 15.0. The first-order valence-electron chi connectivity index (χ1n) is 9.19. The molecule has 0 bridgehead atoms. The molecule has 0 saturated carbocycles. The van der Waals surface area contributed by atoms with Crippen LogP contribution in [0.3, 0.4) is 0 Å². The Morgan fingerprint density at radius 1 is 1.27 bits per heavy atom. The number of nitrogens with one attached hydrogen (secondary N) is 1. The number of fused-ring (bicyclic) bond motifs is 1. The predicted molar refractivity (Wildman–Crippen MR) is 100 cm³/mol. The lowest BCUT2D eigenvalue weighted by Crippen LogP contribution is -2.32. The van der Waals surface area contributed by atoms with Crippen LogP contribution in [-0.4, -0.2) is 34.1 Å². The van der Waals surface area contributed by atoms with Crippen LogP contribution >= 0.6 is 0 Å². The van der Waals surface area contributed by atoms with Gasteiger partial charge in [-0.05, 0) is 55.7 Å². The number of hydrogen-bond donors (Lipinski definition) is 1. The van der Waals surface area contributed by atoms with Gasteiger partial charge in [0.1, 0.15) is 5.82 Å². The Balaban J connectivity index is 1.58. The van der Waals surface area contributed by atoms with E-state index in [1.165, 1.54) is 6.07 Å². The molecule has 2 aromatic heterocycles. The van der Waals surface area contributed by atoms with Crippen LogP contribution in [0.2, 0.25) is 0 Å². The molecule has 0 aliphatic carbocycles. The minimum Gasteiger partial charge on any atom is -0.377 e. The van der Waals surface area contributed by atoms with Crippen molar-refractivity contribution in [3.8, 4) is 0 Å². The van der Waals surface area contributed by atoms with Gasteiger partial charge in [-0.25, -0.2) is 4.39 Å². The Labute approximate surface area is 153 Å². The van der Waals surface area contributed by atoms with Crippen LogP contribution < -0.4 is 0 Å². The molecule has 136 valence electrons. The molecule has 4 nitrogen and oxygen atoms in total. The number of pyridine rings is 1. The summed E-state index contributed by atoms with van der Waals surface area (Å²) in [7, 11) is 0. The fraction of sp³-hybridized carbons (Fsp3) is 0.381. The first-order chi connectivity index (χ1) is 12.7. The van der Waals surface area contributed by atoms with Crippen LogP contribution in [0.15, 0.2) is 42.6 Å². The number of benzene rings is 1. The van der Waals surface area contributed by atoms with Gasteiger partial charge in [-0.2, -0.15) is 0 Å². The van der Waals surface area contributed by atoms with Gasteiger partial charge in [-0.3, -0.25) is 9.88 Å².